The van der Waals surface area contributed by atoms with Crippen LogP contribution in [0.3, 0.4) is 0 Å². The third-order valence-electron chi connectivity index (χ3n) is 2.65. The zero-order valence-corrected chi connectivity index (χ0v) is 12.7. The molecule has 0 saturated heterocycles. The molecule has 20 heavy (non-hydrogen) atoms. The Bertz CT molecular complexity index is 562. The Hall–Kier alpha value is -1.24. The summed E-state index contributed by atoms with van der Waals surface area (Å²) in [5.41, 5.74) is 0. The number of ether oxygens (including phenoxy) is 1. The molecule has 5 nitrogen and oxygen atoms in total. The van der Waals surface area contributed by atoms with E-state index in [4.69, 9.17) is 21.4 Å². The number of thioether (sulfide) groups is 1. The minimum Gasteiger partial charge on any atom is -0.494 e. The number of halogens is 1. The molecule has 0 aliphatic heterocycles. The monoisotopic (exact) mass is 313 g/mol. The highest BCUT2D eigenvalue weighted by Gasteiger charge is 2.07. The van der Waals surface area contributed by atoms with Gasteiger partial charge in [0.2, 0.25) is 0 Å². The molecule has 0 radical (unpaired) electrons. The lowest BCUT2D eigenvalue weighted by Gasteiger charge is -2.06. The predicted molar refractivity (Wildman–Crippen MR) is 79.2 cm³/mol. The molecule has 0 unspecified atom stereocenters. The van der Waals surface area contributed by atoms with Crippen LogP contribution >= 0.6 is 23.4 Å². The van der Waals surface area contributed by atoms with E-state index in [1.54, 1.807) is 22.4 Å². The lowest BCUT2D eigenvalue weighted by molar-refractivity contribution is 0.266. The molecule has 2 aromatic rings. The number of benzene rings is 1. The van der Waals surface area contributed by atoms with Crippen LogP contribution in [0.25, 0.3) is 0 Å². The van der Waals surface area contributed by atoms with Crippen molar-refractivity contribution in [3.05, 3.63) is 35.1 Å². The molecule has 7 heteroatoms. The van der Waals surface area contributed by atoms with E-state index in [0.717, 1.165) is 23.1 Å². The van der Waals surface area contributed by atoms with Gasteiger partial charge in [-0.3, -0.25) is 0 Å². The summed E-state index contributed by atoms with van der Waals surface area (Å²) in [6.45, 7) is 0.528. The van der Waals surface area contributed by atoms with Crippen molar-refractivity contribution in [2.75, 3.05) is 12.4 Å². The molecule has 0 amide bonds. The van der Waals surface area contributed by atoms with Crippen LogP contribution < -0.4 is 4.74 Å². The Kier molecular flexibility index (Phi) is 5.70. The van der Waals surface area contributed by atoms with Crippen molar-refractivity contribution in [2.45, 2.75) is 18.2 Å². The predicted octanol–water partition coefficient (Wildman–Crippen LogP) is 2.52. The van der Waals surface area contributed by atoms with E-state index in [9.17, 15) is 0 Å². The molecule has 0 atom stereocenters. The van der Waals surface area contributed by atoms with Gasteiger partial charge in [-0.1, -0.05) is 29.4 Å². The van der Waals surface area contributed by atoms with Crippen molar-refractivity contribution < 1.29 is 9.84 Å². The molecule has 0 bridgehead atoms. The first kappa shape index (κ1) is 15.2. The summed E-state index contributed by atoms with van der Waals surface area (Å²) in [5.74, 6) is 2.23. The van der Waals surface area contributed by atoms with E-state index in [1.165, 1.54) is 0 Å². The second kappa shape index (κ2) is 7.52. The zero-order chi connectivity index (χ0) is 14.4. The van der Waals surface area contributed by atoms with Gasteiger partial charge < -0.3 is 14.4 Å². The van der Waals surface area contributed by atoms with Crippen LogP contribution in [0.1, 0.15) is 12.2 Å². The van der Waals surface area contributed by atoms with E-state index in [2.05, 4.69) is 10.2 Å². The normalized spacial score (nSPS) is 10.8. The standard InChI is InChI=1S/C13H16ClN3O2S/c1-17-12(9-18)15-16-13(17)20-7-3-6-19-11-5-2-4-10(14)8-11/h2,4-5,8,18H,3,6-7,9H2,1H3. The first-order chi connectivity index (χ1) is 9.70. The molecular weight excluding hydrogens is 298 g/mol. The van der Waals surface area contributed by atoms with Crippen LogP contribution in [0, 0.1) is 0 Å². The number of aromatic nitrogens is 3. The average molecular weight is 314 g/mol. The fraction of sp³-hybridized carbons (Fsp3) is 0.385. The minimum atomic E-state index is -0.0953. The van der Waals surface area contributed by atoms with Crippen molar-refractivity contribution in [3.63, 3.8) is 0 Å². The van der Waals surface area contributed by atoms with Gasteiger partial charge in [-0.25, -0.2) is 0 Å². The van der Waals surface area contributed by atoms with Crippen LogP contribution in [-0.2, 0) is 13.7 Å². The highest BCUT2D eigenvalue weighted by molar-refractivity contribution is 7.99. The largest absolute Gasteiger partial charge is 0.494 e. The summed E-state index contributed by atoms with van der Waals surface area (Å²) in [5, 5.41) is 18.4. The Morgan fingerprint density at radius 1 is 1.40 bits per heavy atom. The molecule has 0 fully saturated rings. The summed E-state index contributed by atoms with van der Waals surface area (Å²) in [6, 6.07) is 7.36. The maximum absolute atomic E-state index is 9.03. The van der Waals surface area contributed by atoms with Crippen LogP contribution in [0.5, 0.6) is 5.75 Å². The molecule has 0 saturated carbocycles. The highest BCUT2D eigenvalue weighted by atomic mass is 35.5. The molecule has 108 valence electrons. The topological polar surface area (TPSA) is 60.2 Å². The Labute approximate surface area is 126 Å². The van der Waals surface area contributed by atoms with Crippen LogP contribution in [0.2, 0.25) is 5.02 Å². The summed E-state index contributed by atoms with van der Waals surface area (Å²) in [6.07, 6.45) is 0.887. The van der Waals surface area contributed by atoms with Crippen molar-refractivity contribution in [1.82, 2.24) is 14.8 Å². The zero-order valence-electron chi connectivity index (χ0n) is 11.1. The Morgan fingerprint density at radius 2 is 2.25 bits per heavy atom. The van der Waals surface area contributed by atoms with Crippen molar-refractivity contribution in [3.8, 4) is 5.75 Å². The second-order valence-corrected chi connectivity index (χ2v) is 5.62. The number of hydrogen-bond acceptors (Lipinski definition) is 5. The molecule has 1 aromatic carbocycles. The highest BCUT2D eigenvalue weighted by Crippen LogP contribution is 2.19. The molecule has 0 aliphatic carbocycles. The third-order valence-corrected chi connectivity index (χ3v) is 3.99. The van der Waals surface area contributed by atoms with Crippen molar-refractivity contribution >= 4 is 23.4 Å². The summed E-state index contributed by atoms with van der Waals surface area (Å²) in [7, 11) is 1.84. The number of aliphatic hydroxyl groups is 1. The molecule has 2 rings (SSSR count). The summed E-state index contributed by atoms with van der Waals surface area (Å²) >= 11 is 7.47. The summed E-state index contributed by atoms with van der Waals surface area (Å²) in [4.78, 5) is 0. The molecule has 0 spiro atoms. The number of hydrogen-bond donors (Lipinski definition) is 1. The lowest BCUT2D eigenvalue weighted by atomic mass is 10.3. The SMILES string of the molecule is Cn1c(CO)nnc1SCCCOc1cccc(Cl)c1. The van der Waals surface area contributed by atoms with Crippen LogP contribution in [0.4, 0.5) is 0 Å². The quantitative estimate of drug-likeness (QED) is 0.628. The Balaban J connectivity index is 1.70. The Morgan fingerprint density at radius 3 is 2.95 bits per heavy atom. The fourth-order valence-corrected chi connectivity index (χ4v) is 2.60. The lowest BCUT2D eigenvalue weighted by Crippen LogP contribution is -2.01. The van der Waals surface area contributed by atoms with Gasteiger partial charge in [0.25, 0.3) is 0 Å². The molecule has 0 aliphatic rings. The van der Waals surface area contributed by atoms with Gasteiger partial charge in [0.05, 0.1) is 6.61 Å². The van der Waals surface area contributed by atoms with Gasteiger partial charge in [-0.05, 0) is 24.6 Å². The average Bonchev–Trinajstić information content (AvgIpc) is 2.79. The van der Waals surface area contributed by atoms with E-state index in [1.807, 2.05) is 25.2 Å². The van der Waals surface area contributed by atoms with E-state index in [0.29, 0.717) is 17.5 Å². The van der Waals surface area contributed by atoms with Crippen LogP contribution in [-0.4, -0.2) is 32.2 Å². The second-order valence-electron chi connectivity index (χ2n) is 4.12. The van der Waals surface area contributed by atoms with Gasteiger partial charge in [-0.15, -0.1) is 10.2 Å². The first-order valence-electron chi connectivity index (χ1n) is 6.21. The van der Waals surface area contributed by atoms with Crippen molar-refractivity contribution in [1.29, 1.82) is 0 Å². The smallest absolute Gasteiger partial charge is 0.191 e. The number of aliphatic hydroxyl groups excluding tert-OH is 1. The van der Waals surface area contributed by atoms with E-state index in [-0.39, 0.29) is 6.61 Å². The van der Waals surface area contributed by atoms with Gasteiger partial charge >= 0.3 is 0 Å². The van der Waals surface area contributed by atoms with E-state index >= 15 is 0 Å². The van der Waals surface area contributed by atoms with Crippen LogP contribution in [0.15, 0.2) is 29.4 Å². The number of nitrogens with zero attached hydrogens (tertiary/aromatic N) is 3. The van der Waals surface area contributed by atoms with Gasteiger partial charge in [0.15, 0.2) is 11.0 Å². The van der Waals surface area contributed by atoms with E-state index < -0.39 is 0 Å². The summed E-state index contributed by atoms with van der Waals surface area (Å²) < 4.78 is 7.39. The molecular formula is C13H16ClN3O2S. The van der Waals surface area contributed by atoms with Gasteiger partial charge in [0.1, 0.15) is 12.4 Å². The minimum absolute atomic E-state index is 0.0953. The number of rotatable bonds is 7. The molecule has 1 N–H and O–H groups in total. The van der Waals surface area contributed by atoms with Gasteiger partial charge in [0, 0.05) is 17.8 Å². The molecule has 1 heterocycles. The third kappa shape index (κ3) is 4.13. The first-order valence-corrected chi connectivity index (χ1v) is 7.57. The van der Waals surface area contributed by atoms with Gasteiger partial charge in [-0.2, -0.15) is 0 Å². The fourth-order valence-electron chi connectivity index (χ4n) is 1.58. The maximum atomic E-state index is 9.03. The molecule has 1 aromatic heterocycles. The maximum Gasteiger partial charge on any atom is 0.191 e. The van der Waals surface area contributed by atoms with Crippen molar-refractivity contribution in [2.24, 2.45) is 7.05 Å².